The summed E-state index contributed by atoms with van der Waals surface area (Å²) in [6, 6.07) is 2.00. The third kappa shape index (κ3) is 2.17. The predicted octanol–water partition coefficient (Wildman–Crippen LogP) is 3.00. The minimum atomic E-state index is 0.568. The summed E-state index contributed by atoms with van der Waals surface area (Å²) in [5.41, 5.74) is 2.40. The van der Waals surface area contributed by atoms with Crippen molar-refractivity contribution in [1.82, 2.24) is 9.88 Å². The van der Waals surface area contributed by atoms with Crippen molar-refractivity contribution in [3.63, 3.8) is 0 Å². The number of aromatic amines is 1. The van der Waals surface area contributed by atoms with Gasteiger partial charge in [-0.3, -0.25) is 0 Å². The van der Waals surface area contributed by atoms with Crippen LogP contribution in [-0.4, -0.2) is 50.8 Å². The van der Waals surface area contributed by atoms with Gasteiger partial charge in [-0.2, -0.15) is 0 Å². The molecule has 2 bridgehead atoms. The molecule has 124 valence electrons. The smallest absolute Gasteiger partial charge is 0.204 e. The molecular weight excluding hydrogens is 292 g/mol. The lowest BCUT2D eigenvalue weighted by Gasteiger charge is -2.44. The van der Waals surface area contributed by atoms with Crippen molar-refractivity contribution in [2.45, 2.75) is 18.8 Å². The maximum atomic E-state index is 5.72. The van der Waals surface area contributed by atoms with Gasteiger partial charge in [-0.25, -0.2) is 0 Å². The van der Waals surface area contributed by atoms with E-state index >= 15 is 0 Å². The van der Waals surface area contributed by atoms with E-state index < -0.39 is 0 Å². The highest BCUT2D eigenvalue weighted by atomic mass is 16.5. The van der Waals surface area contributed by atoms with Crippen LogP contribution in [0.15, 0.2) is 12.3 Å². The average molecular weight is 316 g/mol. The molecule has 23 heavy (non-hydrogen) atoms. The number of H-pyrrole nitrogens is 1. The predicted molar refractivity (Wildman–Crippen MR) is 89.9 cm³/mol. The highest BCUT2D eigenvalue weighted by Gasteiger charge is 2.37. The molecule has 3 fully saturated rings. The van der Waals surface area contributed by atoms with Gasteiger partial charge in [-0.1, -0.05) is 0 Å². The number of benzene rings is 1. The zero-order valence-electron chi connectivity index (χ0n) is 14.0. The Bertz CT molecular complexity index is 717. The van der Waals surface area contributed by atoms with Crippen molar-refractivity contribution in [3.8, 4) is 17.2 Å². The van der Waals surface area contributed by atoms with Crippen molar-refractivity contribution in [2.75, 3.05) is 41.0 Å². The van der Waals surface area contributed by atoms with Crippen LogP contribution in [-0.2, 0) is 0 Å². The van der Waals surface area contributed by atoms with Crippen LogP contribution in [0.4, 0.5) is 0 Å². The molecule has 4 heterocycles. The van der Waals surface area contributed by atoms with Crippen LogP contribution in [0, 0.1) is 5.92 Å². The van der Waals surface area contributed by atoms with Gasteiger partial charge >= 0.3 is 0 Å². The summed E-state index contributed by atoms with van der Waals surface area (Å²) in [5.74, 6) is 3.48. The highest BCUT2D eigenvalue weighted by molar-refractivity contribution is 5.94. The number of ether oxygens (including phenoxy) is 3. The Balaban J connectivity index is 1.88. The van der Waals surface area contributed by atoms with Crippen molar-refractivity contribution in [2.24, 2.45) is 5.92 Å². The quantitative estimate of drug-likeness (QED) is 0.942. The fourth-order valence-electron chi connectivity index (χ4n) is 4.39. The molecule has 2 aromatic rings. The summed E-state index contributed by atoms with van der Waals surface area (Å²) >= 11 is 0. The molecule has 5 heteroatoms. The molecule has 1 N–H and O–H groups in total. The lowest BCUT2D eigenvalue weighted by molar-refractivity contribution is 0.0876. The molecule has 0 radical (unpaired) electrons. The Labute approximate surface area is 136 Å². The average Bonchev–Trinajstić information content (AvgIpc) is 3.04. The van der Waals surface area contributed by atoms with E-state index in [1.54, 1.807) is 21.3 Å². The first-order chi connectivity index (χ1) is 11.3. The summed E-state index contributed by atoms with van der Waals surface area (Å²) in [4.78, 5) is 5.99. The summed E-state index contributed by atoms with van der Waals surface area (Å²) in [7, 11) is 5.01. The van der Waals surface area contributed by atoms with E-state index in [1.165, 1.54) is 31.5 Å². The topological polar surface area (TPSA) is 46.7 Å². The van der Waals surface area contributed by atoms with Crippen molar-refractivity contribution < 1.29 is 14.2 Å². The van der Waals surface area contributed by atoms with Crippen molar-refractivity contribution in [1.29, 1.82) is 0 Å². The molecule has 3 saturated heterocycles. The normalized spacial score (nSPS) is 26.5. The minimum Gasteiger partial charge on any atom is -0.493 e. The Morgan fingerprint density at radius 2 is 1.78 bits per heavy atom. The number of nitrogens with zero attached hydrogens (tertiary/aromatic N) is 1. The number of methoxy groups -OCH3 is 3. The van der Waals surface area contributed by atoms with E-state index in [2.05, 4.69) is 16.1 Å². The molecule has 0 amide bonds. The lowest BCUT2D eigenvalue weighted by Crippen LogP contribution is -2.46. The molecule has 0 aliphatic carbocycles. The first kappa shape index (κ1) is 14.7. The number of piperidine rings is 3. The molecule has 0 saturated carbocycles. The SMILES string of the molecule is COc1cc2[nH]cc(C3CN4CCC3CC4)c2c(OC)c1OC. The summed E-state index contributed by atoms with van der Waals surface area (Å²) in [6.07, 6.45) is 4.75. The summed E-state index contributed by atoms with van der Waals surface area (Å²) in [5, 5.41) is 1.14. The molecule has 5 rings (SSSR count). The lowest BCUT2D eigenvalue weighted by atomic mass is 9.75. The molecule has 3 aliphatic rings. The van der Waals surface area contributed by atoms with Gasteiger partial charge in [0.1, 0.15) is 0 Å². The van der Waals surface area contributed by atoms with Gasteiger partial charge in [0.25, 0.3) is 0 Å². The monoisotopic (exact) mass is 316 g/mol. The van der Waals surface area contributed by atoms with Gasteiger partial charge in [0.05, 0.1) is 26.8 Å². The van der Waals surface area contributed by atoms with E-state index in [0.29, 0.717) is 17.4 Å². The molecule has 0 spiro atoms. The van der Waals surface area contributed by atoms with Gasteiger partial charge in [-0.05, 0) is 37.4 Å². The van der Waals surface area contributed by atoms with Crippen LogP contribution in [0.25, 0.3) is 10.9 Å². The molecule has 5 nitrogen and oxygen atoms in total. The third-order valence-corrected chi connectivity index (χ3v) is 5.56. The summed E-state index contributed by atoms with van der Waals surface area (Å²) in [6.45, 7) is 3.64. The van der Waals surface area contributed by atoms with Gasteiger partial charge < -0.3 is 24.1 Å². The van der Waals surface area contributed by atoms with Crippen LogP contribution in [0.2, 0.25) is 0 Å². The van der Waals surface area contributed by atoms with E-state index in [4.69, 9.17) is 14.2 Å². The number of rotatable bonds is 4. The van der Waals surface area contributed by atoms with Crippen LogP contribution in [0.5, 0.6) is 17.2 Å². The maximum Gasteiger partial charge on any atom is 0.204 e. The standard InChI is InChI=1S/C18H24N2O3/c1-21-15-8-14-16(18(23-3)17(15)22-2)12(9-19-14)13-10-20-6-4-11(13)5-7-20/h8-9,11,13,19H,4-7,10H2,1-3H3. The second kappa shape index (κ2) is 5.64. The Morgan fingerprint density at radius 3 is 2.35 bits per heavy atom. The van der Waals surface area contributed by atoms with Gasteiger partial charge in [0.15, 0.2) is 11.5 Å². The molecule has 1 unspecified atom stereocenters. The van der Waals surface area contributed by atoms with E-state index in [1.807, 2.05) is 6.07 Å². The molecule has 3 aliphatic heterocycles. The van der Waals surface area contributed by atoms with Crippen molar-refractivity contribution in [3.05, 3.63) is 17.8 Å². The van der Waals surface area contributed by atoms with Crippen LogP contribution in [0.1, 0.15) is 24.3 Å². The minimum absolute atomic E-state index is 0.568. The second-order valence-electron chi connectivity index (χ2n) is 6.56. The van der Waals surface area contributed by atoms with Gasteiger partial charge in [0.2, 0.25) is 5.75 Å². The number of hydrogen-bond donors (Lipinski definition) is 1. The zero-order chi connectivity index (χ0) is 16.0. The van der Waals surface area contributed by atoms with Gasteiger partial charge in [-0.15, -0.1) is 0 Å². The highest BCUT2D eigenvalue weighted by Crippen LogP contribution is 2.48. The second-order valence-corrected chi connectivity index (χ2v) is 6.56. The Morgan fingerprint density at radius 1 is 1.04 bits per heavy atom. The molecular formula is C18H24N2O3. The summed E-state index contributed by atoms with van der Waals surface area (Å²) < 4.78 is 16.7. The molecule has 1 aromatic heterocycles. The van der Waals surface area contributed by atoms with E-state index in [9.17, 15) is 0 Å². The molecule has 1 atom stereocenters. The number of aromatic nitrogens is 1. The first-order valence-corrected chi connectivity index (χ1v) is 8.29. The van der Waals surface area contributed by atoms with Crippen molar-refractivity contribution >= 4 is 10.9 Å². The third-order valence-electron chi connectivity index (χ3n) is 5.56. The number of nitrogens with one attached hydrogen (secondary N) is 1. The van der Waals surface area contributed by atoms with Crippen LogP contribution in [0.3, 0.4) is 0 Å². The fourth-order valence-corrected chi connectivity index (χ4v) is 4.39. The van der Waals surface area contributed by atoms with Crippen LogP contribution < -0.4 is 14.2 Å². The number of hydrogen-bond acceptors (Lipinski definition) is 4. The largest absolute Gasteiger partial charge is 0.493 e. The van der Waals surface area contributed by atoms with E-state index in [-0.39, 0.29) is 0 Å². The molecule has 1 aromatic carbocycles. The number of fused-ring (bicyclic) bond motifs is 4. The Hall–Kier alpha value is -1.88. The van der Waals surface area contributed by atoms with Crippen LogP contribution >= 0.6 is 0 Å². The first-order valence-electron chi connectivity index (χ1n) is 8.29. The Kier molecular flexibility index (Phi) is 3.60. The van der Waals surface area contributed by atoms with Gasteiger partial charge in [0, 0.05) is 30.1 Å². The maximum absolute atomic E-state index is 5.72. The van der Waals surface area contributed by atoms with E-state index in [0.717, 1.165) is 29.1 Å². The fraction of sp³-hybridized carbons (Fsp3) is 0.556. The zero-order valence-corrected chi connectivity index (χ0v) is 14.0.